The molecule has 0 fully saturated rings. The summed E-state index contributed by atoms with van der Waals surface area (Å²) in [5, 5.41) is 0. The molecular formula is C17H13NO3S. The number of benzene rings is 2. The predicted molar refractivity (Wildman–Crippen MR) is 82.6 cm³/mol. The molecule has 0 N–H and O–H groups in total. The molecule has 0 radical (unpaired) electrons. The van der Waals surface area contributed by atoms with Gasteiger partial charge in [0.15, 0.2) is 5.78 Å². The minimum absolute atomic E-state index is 0.0926. The van der Waals surface area contributed by atoms with Gasteiger partial charge in [-0.2, -0.15) is 0 Å². The highest BCUT2D eigenvalue weighted by atomic mass is 32.2. The number of carbonyl (C=O) groups excluding carboxylic acids is 1. The highest BCUT2D eigenvalue weighted by Gasteiger charge is 2.43. The third-order valence-electron chi connectivity index (χ3n) is 4.12. The number of ketones is 1. The van der Waals surface area contributed by atoms with Crippen molar-refractivity contribution in [2.24, 2.45) is 0 Å². The van der Waals surface area contributed by atoms with Gasteiger partial charge in [-0.05, 0) is 12.5 Å². The lowest BCUT2D eigenvalue weighted by Crippen LogP contribution is -2.20. The van der Waals surface area contributed by atoms with Gasteiger partial charge < -0.3 is 0 Å². The highest BCUT2D eigenvalue weighted by Crippen LogP contribution is 2.45. The quantitative estimate of drug-likeness (QED) is 0.801. The number of Topliss-reactive ketones (excluding diaryl/α,β-unsaturated/α-hetero) is 1. The second-order valence-electron chi connectivity index (χ2n) is 5.35. The average molecular weight is 311 g/mol. The molecule has 0 unspecified atom stereocenters. The molecule has 2 aliphatic rings. The van der Waals surface area contributed by atoms with Gasteiger partial charge in [-0.25, -0.2) is 8.42 Å². The zero-order chi connectivity index (χ0) is 15.3. The fraction of sp³-hybridized carbons (Fsp3) is 0.118. The van der Waals surface area contributed by atoms with E-state index in [0.717, 1.165) is 0 Å². The van der Waals surface area contributed by atoms with Crippen LogP contribution in [0.4, 0.5) is 0 Å². The Morgan fingerprint density at radius 2 is 1.64 bits per heavy atom. The van der Waals surface area contributed by atoms with Gasteiger partial charge in [0.2, 0.25) is 0 Å². The maximum Gasteiger partial charge on any atom is 0.265 e. The van der Waals surface area contributed by atoms with Crippen molar-refractivity contribution in [1.82, 2.24) is 4.31 Å². The molecule has 0 bridgehead atoms. The number of fused-ring (bicyclic) bond motifs is 3. The Hall–Kier alpha value is -2.40. The van der Waals surface area contributed by atoms with E-state index in [1.54, 1.807) is 36.4 Å². The average Bonchev–Trinajstić information content (AvgIpc) is 3.08. The first kappa shape index (κ1) is 13.3. The van der Waals surface area contributed by atoms with Crippen LogP contribution in [0, 0.1) is 0 Å². The number of rotatable bonds is 2. The molecule has 2 aliphatic heterocycles. The zero-order valence-electron chi connectivity index (χ0n) is 11.7. The Labute approximate surface area is 128 Å². The van der Waals surface area contributed by atoms with Gasteiger partial charge in [-0.3, -0.25) is 9.10 Å². The second kappa shape index (κ2) is 4.55. The van der Waals surface area contributed by atoms with Gasteiger partial charge in [0, 0.05) is 23.2 Å². The van der Waals surface area contributed by atoms with Gasteiger partial charge >= 0.3 is 0 Å². The summed E-state index contributed by atoms with van der Waals surface area (Å²) in [4.78, 5) is 13.0. The lowest BCUT2D eigenvalue weighted by Gasteiger charge is -2.12. The Bertz CT molecular complexity index is 914. The van der Waals surface area contributed by atoms with Crippen LogP contribution in [0.3, 0.4) is 0 Å². The molecule has 0 atom stereocenters. The number of sulfonamides is 1. The molecule has 4 nitrogen and oxygen atoms in total. The van der Waals surface area contributed by atoms with Crippen molar-refractivity contribution in [2.45, 2.75) is 11.3 Å². The number of hydrogen-bond acceptors (Lipinski definition) is 3. The van der Waals surface area contributed by atoms with Crippen LogP contribution in [-0.4, -0.2) is 25.1 Å². The van der Waals surface area contributed by atoms with Crippen LogP contribution in [0.5, 0.6) is 0 Å². The molecule has 0 spiro atoms. The Kier molecular flexibility index (Phi) is 2.74. The third-order valence-corrected chi connectivity index (χ3v) is 5.98. The smallest absolute Gasteiger partial charge is 0.265 e. The molecule has 2 heterocycles. The molecule has 110 valence electrons. The van der Waals surface area contributed by atoms with Gasteiger partial charge in [0.25, 0.3) is 10.0 Å². The van der Waals surface area contributed by atoms with E-state index in [-0.39, 0.29) is 5.78 Å². The van der Waals surface area contributed by atoms with Crippen LogP contribution < -0.4 is 0 Å². The van der Waals surface area contributed by atoms with E-state index in [4.69, 9.17) is 0 Å². The van der Waals surface area contributed by atoms with Crippen molar-refractivity contribution in [2.75, 3.05) is 6.54 Å². The van der Waals surface area contributed by atoms with Crippen LogP contribution in [-0.2, 0) is 10.0 Å². The van der Waals surface area contributed by atoms with E-state index >= 15 is 0 Å². The van der Waals surface area contributed by atoms with E-state index < -0.39 is 10.0 Å². The van der Waals surface area contributed by atoms with Crippen LogP contribution in [0.2, 0.25) is 0 Å². The molecule has 5 heteroatoms. The number of carbonyl (C=O) groups is 1. The SMILES string of the molecule is O=C(C1=C2c3ccccc3S(=O)(=O)N2CC1)c1ccccc1. The summed E-state index contributed by atoms with van der Waals surface area (Å²) in [5.41, 5.74) is 2.37. The summed E-state index contributed by atoms with van der Waals surface area (Å²) >= 11 is 0. The topological polar surface area (TPSA) is 54.5 Å². The van der Waals surface area contributed by atoms with E-state index in [0.29, 0.717) is 40.3 Å². The number of nitrogens with zero attached hydrogens (tertiary/aromatic N) is 1. The zero-order valence-corrected chi connectivity index (χ0v) is 12.5. The van der Waals surface area contributed by atoms with Gasteiger partial charge in [0.1, 0.15) is 0 Å². The Balaban J connectivity index is 1.93. The van der Waals surface area contributed by atoms with E-state index in [9.17, 15) is 13.2 Å². The lowest BCUT2D eigenvalue weighted by atomic mass is 9.98. The van der Waals surface area contributed by atoms with Crippen LogP contribution >= 0.6 is 0 Å². The van der Waals surface area contributed by atoms with Crippen molar-refractivity contribution in [3.8, 4) is 0 Å². The van der Waals surface area contributed by atoms with Crippen molar-refractivity contribution in [3.05, 3.63) is 71.3 Å². The fourth-order valence-electron chi connectivity index (χ4n) is 3.12. The monoisotopic (exact) mass is 311 g/mol. The Morgan fingerprint density at radius 1 is 0.955 bits per heavy atom. The van der Waals surface area contributed by atoms with Crippen LogP contribution in [0.25, 0.3) is 5.70 Å². The first-order valence-corrected chi connectivity index (χ1v) is 8.50. The normalized spacial score (nSPS) is 18.3. The lowest BCUT2D eigenvalue weighted by molar-refractivity contribution is 0.103. The summed E-state index contributed by atoms with van der Waals surface area (Å²) in [6.45, 7) is 0.334. The summed E-state index contributed by atoms with van der Waals surface area (Å²) in [7, 11) is -3.51. The summed E-state index contributed by atoms with van der Waals surface area (Å²) in [5.74, 6) is -0.0926. The van der Waals surface area contributed by atoms with Crippen LogP contribution in [0.15, 0.2) is 65.1 Å². The molecular weight excluding hydrogens is 298 g/mol. The first-order chi connectivity index (χ1) is 10.6. The highest BCUT2D eigenvalue weighted by molar-refractivity contribution is 7.90. The van der Waals surface area contributed by atoms with Gasteiger partial charge in [0.05, 0.1) is 10.6 Å². The largest absolute Gasteiger partial charge is 0.289 e. The van der Waals surface area contributed by atoms with E-state index in [1.807, 2.05) is 18.2 Å². The third kappa shape index (κ3) is 1.69. The van der Waals surface area contributed by atoms with Crippen molar-refractivity contribution in [1.29, 1.82) is 0 Å². The van der Waals surface area contributed by atoms with Crippen LogP contribution in [0.1, 0.15) is 22.3 Å². The van der Waals surface area contributed by atoms with Gasteiger partial charge in [-0.1, -0.05) is 48.5 Å². The fourth-order valence-corrected chi connectivity index (χ4v) is 4.83. The van der Waals surface area contributed by atoms with E-state index in [2.05, 4.69) is 0 Å². The van der Waals surface area contributed by atoms with Crippen molar-refractivity contribution < 1.29 is 13.2 Å². The molecule has 22 heavy (non-hydrogen) atoms. The standard InChI is InChI=1S/C17H13NO3S/c19-17(12-6-2-1-3-7-12)14-10-11-18-16(14)13-8-4-5-9-15(13)22(18,20)21/h1-9H,10-11H2. The second-order valence-corrected chi connectivity index (χ2v) is 7.18. The summed E-state index contributed by atoms with van der Waals surface area (Å²) in [6, 6.07) is 15.9. The summed E-state index contributed by atoms with van der Waals surface area (Å²) in [6.07, 6.45) is 0.455. The maximum atomic E-state index is 12.7. The molecule has 0 amide bonds. The minimum atomic E-state index is -3.51. The molecule has 2 aromatic carbocycles. The van der Waals surface area contributed by atoms with Crippen molar-refractivity contribution >= 4 is 21.5 Å². The molecule has 4 rings (SSSR count). The Morgan fingerprint density at radius 3 is 2.41 bits per heavy atom. The molecule has 0 aromatic heterocycles. The van der Waals surface area contributed by atoms with Crippen molar-refractivity contribution in [3.63, 3.8) is 0 Å². The molecule has 2 aromatic rings. The maximum absolute atomic E-state index is 12.7. The predicted octanol–water partition coefficient (Wildman–Crippen LogP) is 2.69. The molecule has 0 saturated carbocycles. The van der Waals surface area contributed by atoms with E-state index in [1.165, 1.54) is 4.31 Å². The van der Waals surface area contributed by atoms with Gasteiger partial charge in [-0.15, -0.1) is 0 Å². The summed E-state index contributed by atoms with van der Waals surface area (Å²) < 4.78 is 26.5. The first-order valence-electron chi connectivity index (χ1n) is 7.06. The number of hydrogen-bond donors (Lipinski definition) is 0. The minimum Gasteiger partial charge on any atom is -0.289 e. The molecule has 0 aliphatic carbocycles. The molecule has 0 saturated heterocycles.